The van der Waals surface area contributed by atoms with Crippen LogP contribution >= 0.6 is 0 Å². The Morgan fingerprint density at radius 2 is 2.14 bits per heavy atom. The van der Waals surface area contributed by atoms with E-state index in [0.717, 1.165) is 13.0 Å². The van der Waals surface area contributed by atoms with Gasteiger partial charge in [-0.25, -0.2) is 4.79 Å². The quantitative estimate of drug-likeness (QED) is 0.832. The van der Waals surface area contributed by atoms with E-state index in [2.05, 4.69) is 10.1 Å². The zero-order valence-electron chi connectivity index (χ0n) is 13.4. The maximum Gasteiger partial charge on any atom is 0.410 e. The van der Waals surface area contributed by atoms with Crippen LogP contribution < -0.4 is 0 Å². The van der Waals surface area contributed by atoms with E-state index in [0.29, 0.717) is 30.8 Å². The Hall–Kier alpha value is -1.63. The van der Waals surface area contributed by atoms with Gasteiger partial charge in [0.05, 0.1) is 6.61 Å². The minimum Gasteiger partial charge on any atom is -0.444 e. The van der Waals surface area contributed by atoms with E-state index in [1.807, 2.05) is 20.8 Å². The Morgan fingerprint density at radius 1 is 1.36 bits per heavy atom. The summed E-state index contributed by atoms with van der Waals surface area (Å²) in [4.78, 5) is 18.0. The lowest BCUT2D eigenvalue weighted by Gasteiger charge is -2.39. The average molecular weight is 309 g/mol. The van der Waals surface area contributed by atoms with Crippen LogP contribution in [0.15, 0.2) is 4.52 Å². The molecule has 0 N–H and O–H groups in total. The van der Waals surface area contributed by atoms with Gasteiger partial charge < -0.3 is 14.0 Å². The minimum absolute atomic E-state index is 0.157. The van der Waals surface area contributed by atoms with E-state index in [-0.39, 0.29) is 12.1 Å². The molecular formula is C15H23N3O4. The van der Waals surface area contributed by atoms with Gasteiger partial charge in [-0.15, -0.1) is 0 Å². The van der Waals surface area contributed by atoms with Crippen LogP contribution in [-0.2, 0) is 16.1 Å². The molecule has 2 heterocycles. The molecule has 122 valence electrons. The lowest BCUT2D eigenvalue weighted by atomic mass is 10.0. The first-order valence-electron chi connectivity index (χ1n) is 7.82. The molecule has 1 aliphatic heterocycles. The summed E-state index contributed by atoms with van der Waals surface area (Å²) >= 11 is 0. The number of carbonyl (C=O) groups is 1. The van der Waals surface area contributed by atoms with Crippen LogP contribution in [0.2, 0.25) is 0 Å². The molecular weight excluding hydrogens is 286 g/mol. The Labute approximate surface area is 129 Å². The number of ether oxygens (including phenoxy) is 2. The molecule has 1 aliphatic carbocycles. The van der Waals surface area contributed by atoms with Crippen molar-refractivity contribution in [1.82, 2.24) is 15.0 Å². The second-order valence-electron chi connectivity index (χ2n) is 6.98. The van der Waals surface area contributed by atoms with Crippen molar-refractivity contribution >= 4 is 6.09 Å². The highest BCUT2D eigenvalue weighted by Crippen LogP contribution is 2.33. The van der Waals surface area contributed by atoms with Gasteiger partial charge in [0, 0.05) is 6.54 Å². The largest absolute Gasteiger partial charge is 0.444 e. The summed E-state index contributed by atoms with van der Waals surface area (Å²) < 4.78 is 16.1. The van der Waals surface area contributed by atoms with Gasteiger partial charge in [-0.2, -0.15) is 4.98 Å². The van der Waals surface area contributed by atoms with Crippen LogP contribution in [0, 0.1) is 5.92 Å². The Bertz CT molecular complexity index is 533. The van der Waals surface area contributed by atoms with Gasteiger partial charge in [-0.05, 0) is 46.0 Å². The van der Waals surface area contributed by atoms with Gasteiger partial charge in [0.15, 0.2) is 5.82 Å². The summed E-state index contributed by atoms with van der Waals surface area (Å²) in [5.41, 5.74) is -0.504. The molecule has 0 spiro atoms. The number of aromatic nitrogens is 2. The van der Waals surface area contributed by atoms with E-state index in [9.17, 15) is 4.79 Å². The monoisotopic (exact) mass is 309 g/mol. The fraction of sp³-hybridized carbons (Fsp3) is 0.800. The normalized spacial score (nSPS) is 21.6. The molecule has 1 amide bonds. The molecule has 1 aromatic heterocycles. The number of likely N-dealkylation sites (tertiary alicyclic amines) is 1. The number of hydrogen-bond acceptors (Lipinski definition) is 6. The second kappa shape index (κ2) is 5.87. The van der Waals surface area contributed by atoms with Gasteiger partial charge in [-0.1, -0.05) is 5.16 Å². The van der Waals surface area contributed by atoms with Crippen LogP contribution in [-0.4, -0.2) is 39.9 Å². The molecule has 1 saturated heterocycles. The van der Waals surface area contributed by atoms with E-state index in [4.69, 9.17) is 14.0 Å². The molecule has 7 heteroatoms. The maximum absolute atomic E-state index is 12.1. The van der Waals surface area contributed by atoms with Crippen molar-refractivity contribution in [2.75, 3.05) is 13.2 Å². The molecule has 7 nitrogen and oxygen atoms in total. The molecule has 1 saturated carbocycles. The molecule has 22 heavy (non-hydrogen) atoms. The highest BCUT2D eigenvalue weighted by molar-refractivity contribution is 5.69. The first kappa shape index (κ1) is 15.3. The third-order valence-corrected chi connectivity index (χ3v) is 3.71. The van der Waals surface area contributed by atoms with Crippen molar-refractivity contribution in [3.8, 4) is 0 Å². The summed E-state index contributed by atoms with van der Waals surface area (Å²) in [7, 11) is 0. The summed E-state index contributed by atoms with van der Waals surface area (Å²) in [6.45, 7) is 7.30. The fourth-order valence-corrected chi connectivity index (χ4v) is 2.25. The SMILES string of the molecule is CC(C)(C)OC(=O)N1CCC1c1noc(COCC2CC2)n1. The third-order valence-electron chi connectivity index (χ3n) is 3.71. The summed E-state index contributed by atoms with van der Waals surface area (Å²) in [5.74, 6) is 1.70. The van der Waals surface area contributed by atoms with E-state index < -0.39 is 5.60 Å². The Kier molecular flexibility index (Phi) is 4.08. The highest BCUT2D eigenvalue weighted by Gasteiger charge is 2.39. The van der Waals surface area contributed by atoms with Crippen LogP contribution in [0.25, 0.3) is 0 Å². The molecule has 2 aliphatic rings. The first-order valence-corrected chi connectivity index (χ1v) is 7.82. The van der Waals surface area contributed by atoms with E-state index in [1.54, 1.807) is 4.90 Å². The summed E-state index contributed by atoms with van der Waals surface area (Å²) in [6.07, 6.45) is 2.99. The maximum atomic E-state index is 12.1. The molecule has 1 aromatic rings. The Balaban J connectivity index is 1.52. The molecule has 0 radical (unpaired) electrons. The fourth-order valence-electron chi connectivity index (χ4n) is 2.25. The predicted octanol–water partition coefficient (Wildman–Crippen LogP) is 2.68. The molecule has 3 rings (SSSR count). The van der Waals surface area contributed by atoms with Crippen molar-refractivity contribution in [3.63, 3.8) is 0 Å². The van der Waals surface area contributed by atoms with Crippen LogP contribution in [0.4, 0.5) is 4.79 Å². The number of nitrogens with zero attached hydrogens (tertiary/aromatic N) is 3. The second-order valence-corrected chi connectivity index (χ2v) is 6.98. The van der Waals surface area contributed by atoms with Crippen molar-refractivity contribution in [1.29, 1.82) is 0 Å². The minimum atomic E-state index is -0.504. The lowest BCUT2D eigenvalue weighted by Crippen LogP contribution is -2.47. The Morgan fingerprint density at radius 3 is 2.73 bits per heavy atom. The van der Waals surface area contributed by atoms with Gasteiger partial charge >= 0.3 is 6.09 Å². The number of carbonyl (C=O) groups excluding carboxylic acids is 1. The summed E-state index contributed by atoms with van der Waals surface area (Å²) in [6, 6.07) is -0.157. The summed E-state index contributed by atoms with van der Waals surface area (Å²) in [5, 5.41) is 3.97. The van der Waals surface area contributed by atoms with Crippen LogP contribution in [0.5, 0.6) is 0 Å². The lowest BCUT2D eigenvalue weighted by molar-refractivity contribution is -0.00772. The van der Waals surface area contributed by atoms with E-state index >= 15 is 0 Å². The molecule has 1 atom stereocenters. The highest BCUT2D eigenvalue weighted by atomic mass is 16.6. The van der Waals surface area contributed by atoms with E-state index in [1.165, 1.54) is 12.8 Å². The number of rotatable bonds is 5. The zero-order valence-corrected chi connectivity index (χ0v) is 13.4. The van der Waals surface area contributed by atoms with Gasteiger partial charge in [-0.3, -0.25) is 4.90 Å². The van der Waals surface area contributed by atoms with Gasteiger partial charge in [0.25, 0.3) is 5.89 Å². The first-order chi connectivity index (χ1) is 10.4. The van der Waals surface area contributed by atoms with Gasteiger partial charge in [0.1, 0.15) is 18.2 Å². The predicted molar refractivity (Wildman–Crippen MR) is 77.0 cm³/mol. The number of amides is 1. The van der Waals surface area contributed by atoms with Gasteiger partial charge in [0.2, 0.25) is 0 Å². The zero-order chi connectivity index (χ0) is 15.7. The molecule has 0 bridgehead atoms. The van der Waals surface area contributed by atoms with Crippen LogP contribution in [0.1, 0.15) is 57.8 Å². The van der Waals surface area contributed by atoms with Crippen LogP contribution in [0.3, 0.4) is 0 Å². The van der Waals surface area contributed by atoms with Crippen molar-refractivity contribution in [2.45, 2.75) is 58.3 Å². The smallest absolute Gasteiger partial charge is 0.410 e. The van der Waals surface area contributed by atoms with Crippen molar-refractivity contribution in [3.05, 3.63) is 11.7 Å². The molecule has 1 unspecified atom stereocenters. The standard InChI is InChI=1S/C15H23N3O4/c1-15(2,3)21-14(19)18-7-6-11(18)13-16-12(22-17-13)9-20-8-10-4-5-10/h10-11H,4-9H2,1-3H3. The van der Waals surface area contributed by atoms with Crippen molar-refractivity contribution < 1.29 is 18.8 Å². The van der Waals surface area contributed by atoms with Crippen molar-refractivity contribution in [2.24, 2.45) is 5.92 Å². The third kappa shape index (κ3) is 3.76. The average Bonchev–Trinajstić information content (AvgIpc) is 3.05. The molecule has 0 aromatic carbocycles. The topological polar surface area (TPSA) is 77.7 Å². The molecule has 2 fully saturated rings. The number of hydrogen-bond donors (Lipinski definition) is 0.